The van der Waals surface area contributed by atoms with E-state index in [1.807, 2.05) is 0 Å². The molecule has 1 amide bonds. The van der Waals surface area contributed by atoms with Gasteiger partial charge in [-0.25, -0.2) is 0 Å². The smallest absolute Gasteiger partial charge is 0.222 e. The fourth-order valence-electron chi connectivity index (χ4n) is 1.89. The molecule has 1 saturated heterocycles. The Morgan fingerprint density at radius 1 is 1.42 bits per heavy atom. The van der Waals surface area contributed by atoms with Crippen LogP contribution in [0.1, 0.15) is 32.6 Å². The zero-order chi connectivity index (χ0) is 8.55. The normalized spacial score (nSPS) is 30.9. The van der Waals surface area contributed by atoms with E-state index in [4.69, 9.17) is 0 Å². The lowest BCUT2D eigenvalue weighted by molar-refractivity contribution is -0.134. The molecule has 1 aliphatic carbocycles. The van der Waals surface area contributed by atoms with E-state index >= 15 is 0 Å². The molecule has 2 rings (SSSR count). The molecule has 1 heterocycles. The molecule has 68 valence electrons. The van der Waals surface area contributed by atoms with Crippen LogP contribution < -0.4 is 0 Å². The van der Waals surface area contributed by atoms with Crippen LogP contribution in [0.4, 0.5) is 0 Å². The third-order valence-electron chi connectivity index (χ3n) is 2.91. The lowest BCUT2D eigenvalue weighted by atomic mass is 9.99. The molecular formula is C10H17NO. The van der Waals surface area contributed by atoms with Crippen LogP contribution in [0.3, 0.4) is 0 Å². The van der Waals surface area contributed by atoms with Crippen LogP contribution in [-0.4, -0.2) is 23.9 Å². The van der Waals surface area contributed by atoms with Gasteiger partial charge in [0.2, 0.25) is 5.91 Å². The van der Waals surface area contributed by atoms with E-state index in [0.29, 0.717) is 5.91 Å². The van der Waals surface area contributed by atoms with Crippen LogP contribution in [0.15, 0.2) is 0 Å². The fraction of sp³-hybridized carbons (Fsp3) is 0.900. The standard InChI is InChI=1S/C10H17NO/c1-8-2-5-10(12)11(6-8)7-9-3-4-9/h8-9H,2-7H2,1H3. The fourth-order valence-corrected chi connectivity index (χ4v) is 1.89. The highest BCUT2D eigenvalue weighted by atomic mass is 16.2. The minimum Gasteiger partial charge on any atom is -0.342 e. The Morgan fingerprint density at radius 3 is 2.83 bits per heavy atom. The maximum absolute atomic E-state index is 11.4. The number of nitrogens with zero attached hydrogens (tertiary/aromatic N) is 1. The van der Waals surface area contributed by atoms with Crippen molar-refractivity contribution in [2.24, 2.45) is 11.8 Å². The van der Waals surface area contributed by atoms with Crippen LogP contribution in [0.25, 0.3) is 0 Å². The van der Waals surface area contributed by atoms with Gasteiger partial charge in [-0.3, -0.25) is 4.79 Å². The number of likely N-dealkylation sites (tertiary alicyclic amines) is 1. The van der Waals surface area contributed by atoms with Gasteiger partial charge in [-0.1, -0.05) is 6.92 Å². The van der Waals surface area contributed by atoms with Crippen LogP contribution in [0, 0.1) is 11.8 Å². The highest BCUT2D eigenvalue weighted by Gasteiger charge is 2.29. The number of rotatable bonds is 2. The van der Waals surface area contributed by atoms with E-state index in [2.05, 4.69) is 11.8 Å². The van der Waals surface area contributed by atoms with Crippen molar-refractivity contribution in [3.05, 3.63) is 0 Å². The number of piperidine rings is 1. The molecule has 0 aromatic carbocycles. The lowest BCUT2D eigenvalue weighted by Gasteiger charge is -2.30. The molecule has 1 saturated carbocycles. The number of hydrogen-bond acceptors (Lipinski definition) is 1. The lowest BCUT2D eigenvalue weighted by Crippen LogP contribution is -2.40. The second kappa shape index (κ2) is 3.08. The summed E-state index contributed by atoms with van der Waals surface area (Å²) in [6.07, 6.45) is 4.57. The average molecular weight is 167 g/mol. The molecule has 0 bridgehead atoms. The van der Waals surface area contributed by atoms with Gasteiger partial charge < -0.3 is 4.90 Å². The molecule has 1 atom stereocenters. The Morgan fingerprint density at radius 2 is 2.17 bits per heavy atom. The van der Waals surface area contributed by atoms with Crippen molar-refractivity contribution in [3.8, 4) is 0 Å². The zero-order valence-electron chi connectivity index (χ0n) is 7.75. The van der Waals surface area contributed by atoms with Gasteiger partial charge in [-0.05, 0) is 31.1 Å². The summed E-state index contributed by atoms with van der Waals surface area (Å²) in [6, 6.07) is 0. The van der Waals surface area contributed by atoms with Crippen molar-refractivity contribution in [3.63, 3.8) is 0 Å². The number of amides is 1. The first kappa shape index (κ1) is 8.09. The SMILES string of the molecule is CC1CCC(=O)N(CC2CC2)C1. The predicted octanol–water partition coefficient (Wildman–Crippen LogP) is 1.65. The summed E-state index contributed by atoms with van der Waals surface area (Å²) < 4.78 is 0. The number of carbonyl (C=O) groups is 1. The summed E-state index contributed by atoms with van der Waals surface area (Å²) in [5, 5.41) is 0. The topological polar surface area (TPSA) is 20.3 Å². The summed E-state index contributed by atoms with van der Waals surface area (Å²) in [5.74, 6) is 1.96. The number of hydrogen-bond donors (Lipinski definition) is 0. The van der Waals surface area contributed by atoms with Gasteiger partial charge in [0.1, 0.15) is 0 Å². The minimum atomic E-state index is 0.389. The molecule has 2 aliphatic rings. The highest BCUT2D eigenvalue weighted by Crippen LogP contribution is 2.31. The quantitative estimate of drug-likeness (QED) is 0.612. The molecule has 0 spiro atoms. The average Bonchev–Trinajstić information content (AvgIpc) is 2.81. The van der Waals surface area contributed by atoms with Crippen molar-refractivity contribution in [2.75, 3.05) is 13.1 Å². The summed E-state index contributed by atoms with van der Waals surface area (Å²) in [6.45, 7) is 4.30. The Balaban J connectivity index is 1.87. The van der Waals surface area contributed by atoms with Crippen LogP contribution in [0.5, 0.6) is 0 Å². The maximum atomic E-state index is 11.4. The van der Waals surface area contributed by atoms with Gasteiger partial charge in [0.05, 0.1) is 0 Å². The van der Waals surface area contributed by atoms with Gasteiger partial charge in [0.15, 0.2) is 0 Å². The molecule has 2 fully saturated rings. The van der Waals surface area contributed by atoms with Gasteiger partial charge in [0.25, 0.3) is 0 Å². The summed E-state index contributed by atoms with van der Waals surface area (Å²) in [7, 11) is 0. The number of carbonyl (C=O) groups excluding carboxylic acids is 1. The predicted molar refractivity (Wildman–Crippen MR) is 47.7 cm³/mol. The Hall–Kier alpha value is -0.530. The molecule has 2 heteroatoms. The molecule has 0 aromatic heterocycles. The minimum absolute atomic E-state index is 0.389. The monoisotopic (exact) mass is 167 g/mol. The third kappa shape index (κ3) is 1.79. The van der Waals surface area contributed by atoms with E-state index in [-0.39, 0.29) is 0 Å². The maximum Gasteiger partial charge on any atom is 0.222 e. The Kier molecular flexibility index (Phi) is 2.07. The molecule has 0 radical (unpaired) electrons. The molecule has 0 N–H and O–H groups in total. The molecule has 2 nitrogen and oxygen atoms in total. The first-order valence-corrected chi connectivity index (χ1v) is 5.03. The summed E-state index contributed by atoms with van der Waals surface area (Å²) in [5.41, 5.74) is 0. The van der Waals surface area contributed by atoms with E-state index in [0.717, 1.165) is 37.8 Å². The van der Waals surface area contributed by atoms with Gasteiger partial charge in [-0.2, -0.15) is 0 Å². The Bertz CT molecular complexity index is 184. The summed E-state index contributed by atoms with van der Waals surface area (Å²) >= 11 is 0. The molecule has 0 aromatic rings. The summed E-state index contributed by atoms with van der Waals surface area (Å²) in [4.78, 5) is 13.5. The molecule has 1 aliphatic heterocycles. The van der Waals surface area contributed by atoms with E-state index < -0.39 is 0 Å². The van der Waals surface area contributed by atoms with Crippen LogP contribution in [0.2, 0.25) is 0 Å². The van der Waals surface area contributed by atoms with E-state index in [1.165, 1.54) is 12.8 Å². The first-order valence-electron chi connectivity index (χ1n) is 5.03. The van der Waals surface area contributed by atoms with Gasteiger partial charge >= 0.3 is 0 Å². The second-order valence-electron chi connectivity index (χ2n) is 4.39. The van der Waals surface area contributed by atoms with Crippen molar-refractivity contribution >= 4 is 5.91 Å². The van der Waals surface area contributed by atoms with Gasteiger partial charge in [-0.15, -0.1) is 0 Å². The molecular weight excluding hydrogens is 150 g/mol. The molecule has 1 unspecified atom stereocenters. The van der Waals surface area contributed by atoms with Crippen LogP contribution >= 0.6 is 0 Å². The Labute approximate surface area is 73.9 Å². The highest BCUT2D eigenvalue weighted by molar-refractivity contribution is 5.76. The van der Waals surface area contributed by atoms with Crippen molar-refractivity contribution in [2.45, 2.75) is 32.6 Å². The van der Waals surface area contributed by atoms with Crippen molar-refractivity contribution in [1.29, 1.82) is 0 Å². The van der Waals surface area contributed by atoms with E-state index in [1.54, 1.807) is 0 Å². The van der Waals surface area contributed by atoms with Crippen LogP contribution in [-0.2, 0) is 4.79 Å². The van der Waals surface area contributed by atoms with E-state index in [9.17, 15) is 4.79 Å². The zero-order valence-corrected chi connectivity index (χ0v) is 7.75. The van der Waals surface area contributed by atoms with Crippen molar-refractivity contribution in [1.82, 2.24) is 4.90 Å². The first-order chi connectivity index (χ1) is 5.75. The van der Waals surface area contributed by atoms with Gasteiger partial charge in [0, 0.05) is 19.5 Å². The molecule has 12 heavy (non-hydrogen) atoms. The second-order valence-corrected chi connectivity index (χ2v) is 4.39. The third-order valence-corrected chi connectivity index (χ3v) is 2.91. The van der Waals surface area contributed by atoms with Crippen molar-refractivity contribution < 1.29 is 4.79 Å². The largest absolute Gasteiger partial charge is 0.342 e.